The van der Waals surface area contributed by atoms with Gasteiger partial charge in [0.2, 0.25) is 0 Å². The van der Waals surface area contributed by atoms with E-state index in [0.29, 0.717) is 18.8 Å². The second-order valence-corrected chi connectivity index (χ2v) is 8.74. The molecule has 5 rings (SSSR count). The smallest absolute Gasteiger partial charge is 0.335 e. The van der Waals surface area contributed by atoms with Crippen LogP contribution in [0.5, 0.6) is 11.5 Å². The summed E-state index contributed by atoms with van der Waals surface area (Å²) in [5, 5.41) is 15.7. The summed E-state index contributed by atoms with van der Waals surface area (Å²) in [5.74, 6) is 0.278. The van der Waals surface area contributed by atoms with Crippen LogP contribution in [0.3, 0.4) is 0 Å². The van der Waals surface area contributed by atoms with Gasteiger partial charge in [-0.05, 0) is 47.5 Å². The third-order valence-corrected chi connectivity index (χ3v) is 6.46. The van der Waals surface area contributed by atoms with Crippen LogP contribution in [0, 0.1) is 0 Å². The molecule has 0 aromatic heterocycles. The number of carbonyl (C=O) groups is 1. The summed E-state index contributed by atoms with van der Waals surface area (Å²) in [5.41, 5.74) is 3.08. The number of nitrogens with one attached hydrogen (secondary N) is 1. The quantitative estimate of drug-likeness (QED) is 0.357. The molecule has 4 aromatic carbocycles. The summed E-state index contributed by atoms with van der Waals surface area (Å²) >= 11 is 0. The van der Waals surface area contributed by atoms with Gasteiger partial charge < -0.3 is 24.8 Å². The molecule has 6 nitrogen and oxygen atoms in total. The summed E-state index contributed by atoms with van der Waals surface area (Å²) in [4.78, 5) is 13.8. The van der Waals surface area contributed by atoms with Gasteiger partial charge >= 0.3 is 5.97 Å². The first kappa shape index (κ1) is 22.7. The summed E-state index contributed by atoms with van der Waals surface area (Å²) in [6.07, 6.45) is -0.137. The average Bonchev–Trinajstić information content (AvgIpc) is 2.90. The van der Waals surface area contributed by atoms with Crippen molar-refractivity contribution in [2.45, 2.75) is 19.1 Å². The molecule has 0 aliphatic carbocycles. The number of ether oxygens (including phenoxy) is 2. The highest BCUT2D eigenvalue weighted by Gasteiger charge is 2.28. The van der Waals surface area contributed by atoms with Crippen molar-refractivity contribution in [1.29, 1.82) is 0 Å². The van der Waals surface area contributed by atoms with Crippen LogP contribution in [0.2, 0.25) is 0 Å². The van der Waals surface area contributed by atoms with Gasteiger partial charge in [-0.1, -0.05) is 54.6 Å². The van der Waals surface area contributed by atoms with Crippen LogP contribution >= 0.6 is 0 Å². The molecule has 0 saturated carbocycles. The van der Waals surface area contributed by atoms with Crippen LogP contribution < -0.4 is 19.7 Å². The molecule has 178 valence electrons. The highest BCUT2D eigenvalue weighted by Crippen LogP contribution is 2.39. The fraction of sp³-hybridized carbons (Fsp3) is 0.207. The third-order valence-electron chi connectivity index (χ3n) is 6.46. The predicted octanol–water partition coefficient (Wildman–Crippen LogP) is 5.80. The maximum atomic E-state index is 11.7. The largest absolute Gasteiger partial charge is 0.497 e. The lowest BCUT2D eigenvalue weighted by atomic mass is 9.99. The SMILES string of the molecule is COc1cc(C(=O)O)cc(N2CC(CN[C@H](C)c3cccc4ccccc34)Oc3ccccc32)c1. The van der Waals surface area contributed by atoms with E-state index in [-0.39, 0.29) is 17.7 Å². The number of benzene rings is 4. The Morgan fingerprint density at radius 1 is 1.09 bits per heavy atom. The first-order valence-corrected chi connectivity index (χ1v) is 11.7. The number of carboxylic acid groups (broad SMARTS) is 1. The molecule has 0 radical (unpaired) electrons. The highest BCUT2D eigenvalue weighted by atomic mass is 16.5. The predicted molar refractivity (Wildman–Crippen MR) is 138 cm³/mol. The lowest BCUT2D eigenvalue weighted by Crippen LogP contribution is -2.44. The number of nitrogens with zero attached hydrogens (tertiary/aromatic N) is 1. The van der Waals surface area contributed by atoms with Crippen molar-refractivity contribution >= 4 is 28.1 Å². The Bertz CT molecular complexity index is 1360. The first-order chi connectivity index (χ1) is 17.0. The molecule has 0 saturated heterocycles. The number of hydrogen-bond acceptors (Lipinski definition) is 5. The van der Waals surface area contributed by atoms with Gasteiger partial charge in [-0.3, -0.25) is 0 Å². The molecule has 1 aliphatic rings. The fourth-order valence-corrected chi connectivity index (χ4v) is 4.68. The van der Waals surface area contributed by atoms with E-state index >= 15 is 0 Å². The Morgan fingerprint density at radius 3 is 2.69 bits per heavy atom. The van der Waals surface area contributed by atoms with E-state index in [4.69, 9.17) is 9.47 Å². The minimum Gasteiger partial charge on any atom is -0.497 e. The van der Waals surface area contributed by atoms with Crippen molar-refractivity contribution in [3.8, 4) is 11.5 Å². The topological polar surface area (TPSA) is 71.0 Å². The zero-order valence-electron chi connectivity index (χ0n) is 19.8. The standard InChI is InChI=1S/C29H28N2O4/c1-19(25-11-7-9-20-8-3-4-10-26(20)25)30-17-24-18-31(27-12-5-6-13-28(27)35-24)22-14-21(29(32)33)15-23(16-22)34-2/h3-16,19,24,30H,17-18H2,1-2H3,(H,32,33)/t19-,24?/m1/s1. The van der Waals surface area contributed by atoms with Gasteiger partial charge in [-0.15, -0.1) is 0 Å². The lowest BCUT2D eigenvalue weighted by molar-refractivity contribution is 0.0696. The summed E-state index contributed by atoms with van der Waals surface area (Å²) < 4.78 is 11.7. The van der Waals surface area contributed by atoms with Crippen molar-refractivity contribution in [2.24, 2.45) is 0 Å². The van der Waals surface area contributed by atoms with Gasteiger partial charge in [0.1, 0.15) is 17.6 Å². The van der Waals surface area contributed by atoms with Crippen molar-refractivity contribution in [1.82, 2.24) is 5.32 Å². The molecule has 1 unspecified atom stereocenters. The minimum atomic E-state index is -0.992. The Hall–Kier alpha value is -4.03. The van der Waals surface area contributed by atoms with Crippen LogP contribution in [0.4, 0.5) is 11.4 Å². The average molecular weight is 469 g/mol. The van der Waals surface area contributed by atoms with E-state index in [1.807, 2.05) is 30.3 Å². The molecule has 0 bridgehead atoms. The molecular weight excluding hydrogens is 440 g/mol. The first-order valence-electron chi connectivity index (χ1n) is 11.7. The van der Waals surface area contributed by atoms with E-state index in [9.17, 15) is 9.90 Å². The molecule has 1 heterocycles. The number of aromatic carboxylic acids is 1. The number of rotatable bonds is 7. The number of fused-ring (bicyclic) bond motifs is 2. The minimum absolute atomic E-state index is 0.130. The number of methoxy groups -OCH3 is 1. The molecule has 2 atom stereocenters. The highest BCUT2D eigenvalue weighted by molar-refractivity contribution is 5.90. The number of hydrogen-bond donors (Lipinski definition) is 2. The fourth-order valence-electron chi connectivity index (χ4n) is 4.68. The number of para-hydroxylation sites is 2. The second kappa shape index (κ2) is 9.68. The van der Waals surface area contributed by atoms with E-state index in [1.165, 1.54) is 22.4 Å². The van der Waals surface area contributed by atoms with Crippen LogP contribution in [-0.4, -0.2) is 37.4 Å². The molecule has 35 heavy (non-hydrogen) atoms. The monoisotopic (exact) mass is 468 g/mol. The lowest BCUT2D eigenvalue weighted by Gasteiger charge is -2.37. The van der Waals surface area contributed by atoms with E-state index < -0.39 is 5.97 Å². The van der Waals surface area contributed by atoms with Crippen LogP contribution in [-0.2, 0) is 0 Å². The van der Waals surface area contributed by atoms with Crippen LogP contribution in [0.15, 0.2) is 84.9 Å². The van der Waals surface area contributed by atoms with Gasteiger partial charge in [0, 0.05) is 24.3 Å². The van der Waals surface area contributed by atoms with E-state index in [0.717, 1.165) is 17.1 Å². The summed E-state index contributed by atoms with van der Waals surface area (Å²) in [7, 11) is 1.54. The summed E-state index contributed by atoms with van der Waals surface area (Å²) in [6.45, 7) is 3.36. The molecule has 4 aromatic rings. The van der Waals surface area contributed by atoms with Crippen molar-refractivity contribution in [3.05, 3.63) is 96.1 Å². The maximum absolute atomic E-state index is 11.7. The number of carboxylic acids is 1. The van der Waals surface area contributed by atoms with Gasteiger partial charge in [-0.25, -0.2) is 4.79 Å². The second-order valence-electron chi connectivity index (χ2n) is 8.74. The molecule has 0 spiro atoms. The van der Waals surface area contributed by atoms with Gasteiger partial charge in [-0.2, -0.15) is 0 Å². The Labute approximate surface area is 204 Å². The molecular formula is C29H28N2O4. The molecule has 2 N–H and O–H groups in total. The van der Waals surface area contributed by atoms with E-state index in [1.54, 1.807) is 13.2 Å². The third kappa shape index (κ3) is 4.66. The maximum Gasteiger partial charge on any atom is 0.335 e. The Morgan fingerprint density at radius 2 is 1.86 bits per heavy atom. The van der Waals surface area contributed by atoms with Crippen LogP contribution in [0.1, 0.15) is 28.9 Å². The zero-order chi connectivity index (χ0) is 24.4. The van der Waals surface area contributed by atoms with Crippen molar-refractivity contribution in [2.75, 3.05) is 25.1 Å². The van der Waals surface area contributed by atoms with E-state index in [2.05, 4.69) is 59.6 Å². The Kier molecular flexibility index (Phi) is 6.29. The molecule has 6 heteroatoms. The molecule has 1 aliphatic heterocycles. The normalized spacial score (nSPS) is 15.8. The van der Waals surface area contributed by atoms with Gasteiger partial charge in [0.25, 0.3) is 0 Å². The molecule has 0 amide bonds. The van der Waals surface area contributed by atoms with Gasteiger partial charge in [0.05, 0.1) is 24.9 Å². The van der Waals surface area contributed by atoms with Crippen molar-refractivity contribution < 1.29 is 19.4 Å². The Balaban J connectivity index is 1.40. The van der Waals surface area contributed by atoms with Crippen molar-refractivity contribution in [3.63, 3.8) is 0 Å². The van der Waals surface area contributed by atoms with Gasteiger partial charge in [0.15, 0.2) is 0 Å². The number of anilines is 2. The van der Waals surface area contributed by atoms with Crippen LogP contribution in [0.25, 0.3) is 10.8 Å². The summed E-state index contributed by atoms with van der Waals surface area (Å²) in [6, 6.07) is 27.8. The molecule has 0 fully saturated rings. The zero-order valence-corrected chi connectivity index (χ0v) is 19.8.